The summed E-state index contributed by atoms with van der Waals surface area (Å²) in [4.78, 5) is 7.14. The first-order valence-electron chi connectivity index (χ1n) is 9.81. The second-order valence-corrected chi connectivity index (χ2v) is 7.62. The fourth-order valence-electron chi connectivity index (χ4n) is 4.18. The Morgan fingerprint density at radius 1 is 1.19 bits per heavy atom. The number of hydrogen-bond donors (Lipinski definition) is 1. The van der Waals surface area contributed by atoms with Crippen molar-refractivity contribution < 1.29 is 5.11 Å². The normalized spacial score (nSPS) is 26.7. The van der Waals surface area contributed by atoms with E-state index in [2.05, 4.69) is 28.9 Å². The van der Waals surface area contributed by atoms with Crippen LogP contribution in [0.5, 0.6) is 0 Å². The number of hydrogen-bond acceptors (Lipinski definition) is 3. The molecule has 1 atom stereocenters. The van der Waals surface area contributed by atoms with Crippen molar-refractivity contribution in [2.45, 2.75) is 31.8 Å². The molecule has 2 aromatic rings. The third kappa shape index (κ3) is 3.98. The highest BCUT2D eigenvalue weighted by atomic mass is 16.3. The number of aromatic nitrogens is 1. The van der Waals surface area contributed by atoms with Gasteiger partial charge in [0.25, 0.3) is 0 Å². The van der Waals surface area contributed by atoms with Crippen LogP contribution in [0.1, 0.15) is 42.3 Å². The first kappa shape index (κ1) is 18.0. The largest absolute Gasteiger partial charge is 0.376 e. The molecule has 138 valence electrons. The first-order chi connectivity index (χ1) is 13.2. The van der Waals surface area contributed by atoms with E-state index in [1.54, 1.807) is 0 Å². The zero-order valence-electron chi connectivity index (χ0n) is 15.9. The van der Waals surface area contributed by atoms with Crippen LogP contribution in [0, 0.1) is 17.8 Å². The molecule has 1 N–H and O–H groups in total. The van der Waals surface area contributed by atoms with Crippen LogP contribution in [0.25, 0.3) is 6.08 Å². The van der Waals surface area contributed by atoms with Gasteiger partial charge < -0.3 is 5.11 Å². The zero-order valence-corrected chi connectivity index (χ0v) is 15.9. The summed E-state index contributed by atoms with van der Waals surface area (Å²) in [6.45, 7) is 4.85. The van der Waals surface area contributed by atoms with E-state index in [0.717, 1.165) is 49.3 Å². The minimum absolute atomic E-state index is 0.294. The summed E-state index contributed by atoms with van der Waals surface area (Å²) in [5.41, 5.74) is 3.15. The molecule has 3 heteroatoms. The molecule has 1 aromatic heterocycles. The molecule has 1 unspecified atom stereocenters. The van der Waals surface area contributed by atoms with Crippen LogP contribution in [-0.2, 0) is 6.42 Å². The van der Waals surface area contributed by atoms with Crippen LogP contribution < -0.4 is 0 Å². The van der Waals surface area contributed by atoms with Crippen LogP contribution >= 0.6 is 0 Å². The molecule has 0 aliphatic carbocycles. The Morgan fingerprint density at radius 2 is 1.96 bits per heavy atom. The molecule has 4 heterocycles. The van der Waals surface area contributed by atoms with Crippen molar-refractivity contribution in [1.29, 1.82) is 0 Å². The van der Waals surface area contributed by atoms with Gasteiger partial charge in [0.2, 0.25) is 0 Å². The number of allylic oxidation sites excluding steroid dienone is 1. The highest BCUT2D eigenvalue weighted by molar-refractivity contribution is 5.50. The van der Waals surface area contributed by atoms with Crippen molar-refractivity contribution in [2.24, 2.45) is 5.92 Å². The predicted molar refractivity (Wildman–Crippen MR) is 109 cm³/mol. The van der Waals surface area contributed by atoms with Gasteiger partial charge in [0.1, 0.15) is 5.60 Å². The molecule has 0 saturated carbocycles. The van der Waals surface area contributed by atoms with E-state index in [1.165, 1.54) is 5.56 Å². The molecule has 27 heavy (non-hydrogen) atoms. The van der Waals surface area contributed by atoms with Gasteiger partial charge in [0, 0.05) is 24.4 Å². The molecular weight excluding hydrogens is 332 g/mol. The molecule has 3 saturated heterocycles. The SMILES string of the molecule is C/C=C/c1ccc(C#CC2(O)CN3CCC2CC3)c(Cc2ccccc2)n1. The third-order valence-electron chi connectivity index (χ3n) is 5.69. The molecule has 3 aliphatic heterocycles. The monoisotopic (exact) mass is 358 g/mol. The number of pyridine rings is 1. The smallest absolute Gasteiger partial charge is 0.141 e. The van der Waals surface area contributed by atoms with Crippen molar-refractivity contribution in [3.05, 3.63) is 71.1 Å². The molecule has 0 amide bonds. The Balaban J connectivity index is 1.66. The van der Waals surface area contributed by atoms with Crippen LogP contribution in [0.3, 0.4) is 0 Å². The van der Waals surface area contributed by atoms with E-state index >= 15 is 0 Å². The van der Waals surface area contributed by atoms with E-state index in [9.17, 15) is 5.11 Å². The van der Waals surface area contributed by atoms with E-state index < -0.39 is 5.60 Å². The Labute approximate surface area is 161 Å². The maximum absolute atomic E-state index is 11.1. The average molecular weight is 358 g/mol. The molecule has 0 radical (unpaired) electrons. The fourth-order valence-corrected chi connectivity index (χ4v) is 4.18. The minimum Gasteiger partial charge on any atom is -0.376 e. The highest BCUT2D eigenvalue weighted by Crippen LogP contribution is 2.35. The van der Waals surface area contributed by atoms with Crippen molar-refractivity contribution in [2.75, 3.05) is 19.6 Å². The Morgan fingerprint density at radius 3 is 2.63 bits per heavy atom. The van der Waals surface area contributed by atoms with Gasteiger partial charge >= 0.3 is 0 Å². The molecule has 3 nitrogen and oxygen atoms in total. The van der Waals surface area contributed by atoms with E-state index in [-0.39, 0.29) is 0 Å². The van der Waals surface area contributed by atoms with Gasteiger partial charge in [-0.25, -0.2) is 0 Å². The summed E-state index contributed by atoms with van der Waals surface area (Å²) >= 11 is 0. The minimum atomic E-state index is -0.886. The van der Waals surface area contributed by atoms with Crippen molar-refractivity contribution in [1.82, 2.24) is 9.88 Å². The highest BCUT2D eigenvalue weighted by Gasteiger charge is 2.44. The van der Waals surface area contributed by atoms with Gasteiger partial charge in [-0.2, -0.15) is 0 Å². The van der Waals surface area contributed by atoms with E-state index in [0.29, 0.717) is 12.5 Å². The van der Waals surface area contributed by atoms with Crippen molar-refractivity contribution >= 4 is 6.08 Å². The molecule has 1 aromatic carbocycles. The van der Waals surface area contributed by atoms with Crippen LogP contribution in [0.2, 0.25) is 0 Å². The van der Waals surface area contributed by atoms with Gasteiger partial charge in [0.05, 0.1) is 11.4 Å². The number of fused-ring (bicyclic) bond motifs is 3. The van der Waals surface area contributed by atoms with Gasteiger partial charge in [-0.3, -0.25) is 9.88 Å². The number of aliphatic hydroxyl groups is 1. The summed E-state index contributed by atoms with van der Waals surface area (Å²) in [5.74, 6) is 6.81. The van der Waals surface area contributed by atoms with Crippen molar-refractivity contribution in [3.8, 4) is 11.8 Å². The number of piperidine rings is 3. The van der Waals surface area contributed by atoms with Gasteiger partial charge in [-0.05, 0) is 56.6 Å². The second-order valence-electron chi connectivity index (χ2n) is 7.62. The van der Waals surface area contributed by atoms with Crippen LogP contribution in [0.4, 0.5) is 0 Å². The van der Waals surface area contributed by atoms with Crippen LogP contribution in [0.15, 0.2) is 48.5 Å². The molecule has 3 fully saturated rings. The summed E-state index contributed by atoms with van der Waals surface area (Å²) in [6.07, 6.45) is 6.83. The quantitative estimate of drug-likeness (QED) is 0.853. The first-order valence-corrected chi connectivity index (χ1v) is 9.81. The standard InChI is InChI=1S/C24H26N2O/c1-2-6-22-10-9-20(23(25-22)17-19-7-4-3-5-8-19)11-14-24(27)18-26-15-12-21(24)13-16-26/h2-10,21,27H,12-13,15-18H2,1H3/b6-2+. The lowest BCUT2D eigenvalue weighted by Crippen LogP contribution is -2.58. The molecular formula is C24H26N2O. The third-order valence-corrected chi connectivity index (χ3v) is 5.69. The van der Waals surface area contributed by atoms with Crippen LogP contribution in [-0.4, -0.2) is 40.2 Å². The average Bonchev–Trinajstić information content (AvgIpc) is 2.69. The summed E-state index contributed by atoms with van der Waals surface area (Å²) in [6, 6.07) is 14.4. The lowest BCUT2D eigenvalue weighted by atomic mass is 9.75. The summed E-state index contributed by atoms with van der Waals surface area (Å²) in [7, 11) is 0. The maximum Gasteiger partial charge on any atom is 0.141 e. The lowest BCUT2D eigenvalue weighted by molar-refractivity contribution is -0.0713. The molecule has 2 bridgehead atoms. The Bertz CT molecular complexity index is 886. The molecule has 5 rings (SSSR count). The summed E-state index contributed by atoms with van der Waals surface area (Å²) < 4.78 is 0. The topological polar surface area (TPSA) is 36.4 Å². The van der Waals surface area contributed by atoms with Gasteiger partial charge in [-0.1, -0.05) is 48.2 Å². The Kier molecular flexibility index (Phi) is 5.11. The number of rotatable bonds is 3. The molecule has 0 spiro atoms. The van der Waals surface area contributed by atoms with Gasteiger partial charge in [0.15, 0.2) is 0 Å². The Hall–Kier alpha value is -2.41. The molecule has 3 aliphatic rings. The van der Waals surface area contributed by atoms with E-state index in [1.807, 2.05) is 49.4 Å². The van der Waals surface area contributed by atoms with Crippen molar-refractivity contribution in [3.63, 3.8) is 0 Å². The lowest BCUT2D eigenvalue weighted by Gasteiger charge is -2.47. The second kappa shape index (κ2) is 7.68. The number of benzene rings is 1. The predicted octanol–water partition coefficient (Wildman–Crippen LogP) is 3.51. The maximum atomic E-state index is 11.1. The van der Waals surface area contributed by atoms with E-state index in [4.69, 9.17) is 4.98 Å². The fraction of sp³-hybridized carbons (Fsp3) is 0.375. The number of nitrogens with zero attached hydrogens (tertiary/aromatic N) is 2. The van der Waals surface area contributed by atoms with Gasteiger partial charge in [-0.15, -0.1) is 0 Å². The zero-order chi connectivity index (χ0) is 18.7. The summed E-state index contributed by atoms with van der Waals surface area (Å²) in [5, 5.41) is 11.1.